The summed E-state index contributed by atoms with van der Waals surface area (Å²) in [5, 5.41) is 1.86. The standard InChI is InChI=1S/C15H8Br2FNO/c16-9-6-10(18)8-11(7-9)20-15-13-2-1-3-14(17)12(13)4-5-19-15/h1-8H. The van der Waals surface area contributed by atoms with Crippen molar-refractivity contribution in [2.24, 2.45) is 0 Å². The number of hydrogen-bond acceptors (Lipinski definition) is 2. The van der Waals surface area contributed by atoms with Crippen LogP contribution in [0.2, 0.25) is 0 Å². The molecule has 2 aromatic carbocycles. The van der Waals surface area contributed by atoms with Crippen LogP contribution in [-0.2, 0) is 0 Å². The van der Waals surface area contributed by atoms with Gasteiger partial charge in [-0.1, -0.05) is 37.9 Å². The van der Waals surface area contributed by atoms with E-state index in [0.29, 0.717) is 16.1 Å². The van der Waals surface area contributed by atoms with Gasteiger partial charge in [0.15, 0.2) is 0 Å². The number of aromatic nitrogens is 1. The fourth-order valence-electron chi connectivity index (χ4n) is 1.92. The number of nitrogens with zero attached hydrogens (tertiary/aromatic N) is 1. The SMILES string of the molecule is Fc1cc(Br)cc(Oc2nccc3c(Br)cccc23)c1. The van der Waals surface area contributed by atoms with Crippen LogP contribution in [0.15, 0.2) is 57.6 Å². The molecule has 20 heavy (non-hydrogen) atoms. The molecule has 0 aliphatic heterocycles. The number of halogens is 3. The predicted molar refractivity (Wildman–Crippen MR) is 83.6 cm³/mol. The van der Waals surface area contributed by atoms with Crippen molar-refractivity contribution in [2.45, 2.75) is 0 Å². The van der Waals surface area contributed by atoms with Crippen LogP contribution in [0.5, 0.6) is 11.6 Å². The van der Waals surface area contributed by atoms with Crippen molar-refractivity contribution in [2.75, 3.05) is 0 Å². The lowest BCUT2D eigenvalue weighted by Gasteiger charge is -2.09. The normalized spacial score (nSPS) is 10.8. The molecular formula is C15H8Br2FNO. The van der Waals surface area contributed by atoms with E-state index in [1.54, 1.807) is 12.3 Å². The van der Waals surface area contributed by atoms with Gasteiger partial charge in [-0.25, -0.2) is 9.37 Å². The van der Waals surface area contributed by atoms with Gasteiger partial charge in [-0.3, -0.25) is 0 Å². The smallest absolute Gasteiger partial charge is 0.227 e. The molecule has 1 aromatic heterocycles. The van der Waals surface area contributed by atoms with Crippen molar-refractivity contribution in [3.05, 3.63) is 63.4 Å². The second-order valence-electron chi connectivity index (χ2n) is 4.16. The Bertz CT molecular complexity index is 772. The first-order valence-electron chi connectivity index (χ1n) is 5.81. The molecule has 3 aromatic rings. The summed E-state index contributed by atoms with van der Waals surface area (Å²) in [5.41, 5.74) is 0. The largest absolute Gasteiger partial charge is 0.438 e. The number of benzene rings is 2. The molecule has 0 aliphatic carbocycles. The third-order valence-corrected chi connectivity index (χ3v) is 3.92. The van der Waals surface area contributed by atoms with Crippen LogP contribution in [0, 0.1) is 5.82 Å². The quantitative estimate of drug-likeness (QED) is 0.555. The topological polar surface area (TPSA) is 22.1 Å². The average molecular weight is 397 g/mol. The molecule has 0 radical (unpaired) electrons. The van der Waals surface area contributed by atoms with Gasteiger partial charge in [0.1, 0.15) is 11.6 Å². The molecule has 3 rings (SSSR count). The highest BCUT2D eigenvalue weighted by molar-refractivity contribution is 9.11. The minimum absolute atomic E-state index is 0.365. The lowest BCUT2D eigenvalue weighted by molar-refractivity contribution is 0.463. The van der Waals surface area contributed by atoms with E-state index in [4.69, 9.17) is 4.74 Å². The zero-order valence-electron chi connectivity index (χ0n) is 10.1. The average Bonchev–Trinajstić information content (AvgIpc) is 2.39. The molecule has 1 heterocycles. The highest BCUT2D eigenvalue weighted by Crippen LogP contribution is 2.32. The summed E-state index contributed by atoms with van der Waals surface area (Å²) in [6.07, 6.45) is 1.66. The Morgan fingerprint density at radius 2 is 1.85 bits per heavy atom. The van der Waals surface area contributed by atoms with Gasteiger partial charge >= 0.3 is 0 Å². The minimum atomic E-state index is -0.365. The highest BCUT2D eigenvalue weighted by Gasteiger charge is 2.08. The van der Waals surface area contributed by atoms with Crippen LogP contribution < -0.4 is 4.74 Å². The number of fused-ring (bicyclic) bond motifs is 1. The van der Waals surface area contributed by atoms with Crippen molar-refractivity contribution in [3.63, 3.8) is 0 Å². The van der Waals surface area contributed by atoms with Crippen LogP contribution in [0.3, 0.4) is 0 Å². The van der Waals surface area contributed by atoms with E-state index in [1.165, 1.54) is 12.1 Å². The Hall–Kier alpha value is -1.46. The number of ether oxygens (including phenoxy) is 1. The lowest BCUT2D eigenvalue weighted by atomic mass is 10.2. The van der Waals surface area contributed by atoms with Gasteiger partial charge in [-0.05, 0) is 30.3 Å². The van der Waals surface area contributed by atoms with Crippen molar-refractivity contribution in [1.29, 1.82) is 0 Å². The predicted octanol–water partition coefficient (Wildman–Crippen LogP) is 5.69. The molecule has 0 N–H and O–H groups in total. The maximum atomic E-state index is 13.4. The van der Waals surface area contributed by atoms with Gasteiger partial charge in [0.05, 0.1) is 0 Å². The third kappa shape index (κ3) is 2.69. The first-order valence-corrected chi connectivity index (χ1v) is 7.39. The van der Waals surface area contributed by atoms with Crippen LogP contribution in [0.25, 0.3) is 10.8 Å². The molecule has 5 heteroatoms. The Kier molecular flexibility index (Phi) is 3.72. The fourth-order valence-corrected chi connectivity index (χ4v) is 2.87. The van der Waals surface area contributed by atoms with Gasteiger partial charge in [0.2, 0.25) is 5.88 Å². The van der Waals surface area contributed by atoms with Gasteiger partial charge < -0.3 is 4.74 Å². The molecule has 100 valence electrons. The van der Waals surface area contributed by atoms with Gasteiger partial charge in [0, 0.05) is 32.0 Å². The Balaban J connectivity index is 2.09. The third-order valence-electron chi connectivity index (χ3n) is 2.77. The van der Waals surface area contributed by atoms with Crippen LogP contribution in [-0.4, -0.2) is 4.98 Å². The van der Waals surface area contributed by atoms with Crippen LogP contribution in [0.4, 0.5) is 4.39 Å². The van der Waals surface area contributed by atoms with Crippen molar-refractivity contribution in [3.8, 4) is 11.6 Å². The molecule has 0 fully saturated rings. The van der Waals surface area contributed by atoms with Crippen LogP contribution >= 0.6 is 31.9 Å². The van der Waals surface area contributed by atoms with E-state index in [0.717, 1.165) is 15.2 Å². The van der Waals surface area contributed by atoms with Crippen molar-refractivity contribution < 1.29 is 9.13 Å². The van der Waals surface area contributed by atoms with E-state index in [1.807, 2.05) is 24.3 Å². The molecule has 0 atom stereocenters. The molecule has 0 bridgehead atoms. The lowest BCUT2D eigenvalue weighted by Crippen LogP contribution is -1.90. The minimum Gasteiger partial charge on any atom is -0.438 e. The summed E-state index contributed by atoms with van der Waals surface area (Å²) >= 11 is 6.73. The second-order valence-corrected chi connectivity index (χ2v) is 5.93. The molecule has 0 aliphatic rings. The van der Waals surface area contributed by atoms with Gasteiger partial charge in [-0.15, -0.1) is 0 Å². The fraction of sp³-hybridized carbons (Fsp3) is 0. The first kappa shape index (κ1) is 13.5. The first-order chi connectivity index (χ1) is 9.63. The maximum absolute atomic E-state index is 13.4. The van der Waals surface area contributed by atoms with E-state index >= 15 is 0 Å². The van der Waals surface area contributed by atoms with E-state index in [2.05, 4.69) is 36.8 Å². The number of pyridine rings is 1. The Morgan fingerprint density at radius 1 is 1.00 bits per heavy atom. The number of rotatable bonds is 2. The molecule has 2 nitrogen and oxygen atoms in total. The molecule has 0 saturated heterocycles. The molecular weight excluding hydrogens is 389 g/mol. The zero-order valence-corrected chi connectivity index (χ0v) is 13.3. The summed E-state index contributed by atoms with van der Waals surface area (Å²) in [7, 11) is 0. The molecule has 0 unspecified atom stereocenters. The highest BCUT2D eigenvalue weighted by atomic mass is 79.9. The summed E-state index contributed by atoms with van der Waals surface area (Å²) < 4.78 is 20.7. The summed E-state index contributed by atoms with van der Waals surface area (Å²) in [4.78, 5) is 4.22. The maximum Gasteiger partial charge on any atom is 0.227 e. The summed E-state index contributed by atoms with van der Waals surface area (Å²) in [6, 6.07) is 12.1. The zero-order chi connectivity index (χ0) is 14.1. The van der Waals surface area contributed by atoms with E-state index in [-0.39, 0.29) is 5.82 Å². The number of hydrogen-bond donors (Lipinski definition) is 0. The Morgan fingerprint density at radius 3 is 2.65 bits per heavy atom. The van der Waals surface area contributed by atoms with Gasteiger partial charge in [-0.2, -0.15) is 0 Å². The molecule has 0 spiro atoms. The monoisotopic (exact) mass is 395 g/mol. The van der Waals surface area contributed by atoms with Crippen molar-refractivity contribution >= 4 is 42.6 Å². The molecule has 0 amide bonds. The summed E-state index contributed by atoms with van der Waals surface area (Å²) in [5.74, 6) is 0.481. The van der Waals surface area contributed by atoms with Crippen LogP contribution in [0.1, 0.15) is 0 Å². The Labute approximate surface area is 131 Å². The molecule has 0 saturated carbocycles. The van der Waals surface area contributed by atoms with E-state index < -0.39 is 0 Å². The van der Waals surface area contributed by atoms with E-state index in [9.17, 15) is 4.39 Å². The second kappa shape index (κ2) is 5.50. The van der Waals surface area contributed by atoms with Gasteiger partial charge in [0.25, 0.3) is 0 Å². The summed E-state index contributed by atoms with van der Waals surface area (Å²) in [6.45, 7) is 0. The van der Waals surface area contributed by atoms with Crippen molar-refractivity contribution in [1.82, 2.24) is 4.98 Å².